The minimum atomic E-state index is 0.335. The van der Waals surface area contributed by atoms with E-state index in [-0.39, 0.29) is 0 Å². The number of rotatable bonds is 3. The Bertz CT molecular complexity index is 609. The highest BCUT2D eigenvalue weighted by Crippen LogP contribution is 2.33. The summed E-state index contributed by atoms with van der Waals surface area (Å²) in [6.07, 6.45) is 0. The molecular formula is C15H19N3O. The van der Waals surface area contributed by atoms with Crippen molar-refractivity contribution in [3.8, 4) is 17.0 Å². The van der Waals surface area contributed by atoms with Gasteiger partial charge in [0.2, 0.25) is 0 Å². The fraction of sp³-hybridized carbons (Fsp3) is 0.333. The molecule has 0 saturated heterocycles. The Hall–Kier alpha value is -1.94. The van der Waals surface area contributed by atoms with Crippen LogP contribution in [0.15, 0.2) is 18.2 Å². The van der Waals surface area contributed by atoms with E-state index in [0.29, 0.717) is 12.4 Å². The zero-order valence-electron chi connectivity index (χ0n) is 11.8. The number of hydrogen-bond acceptors (Lipinski definition) is 4. The molecule has 0 aliphatic rings. The SMILES string of the molecule is COc1c(C)cc(C)cc1-c1cc(C)nc(CN)n1. The van der Waals surface area contributed by atoms with Gasteiger partial charge in [-0.1, -0.05) is 6.07 Å². The summed E-state index contributed by atoms with van der Waals surface area (Å²) in [7, 11) is 1.68. The van der Waals surface area contributed by atoms with Crippen molar-refractivity contribution in [1.82, 2.24) is 9.97 Å². The normalized spacial score (nSPS) is 10.6. The van der Waals surface area contributed by atoms with E-state index in [9.17, 15) is 0 Å². The van der Waals surface area contributed by atoms with Crippen LogP contribution >= 0.6 is 0 Å². The van der Waals surface area contributed by atoms with E-state index in [1.165, 1.54) is 5.56 Å². The maximum absolute atomic E-state index is 5.64. The Morgan fingerprint density at radius 3 is 2.47 bits per heavy atom. The molecule has 0 bridgehead atoms. The fourth-order valence-electron chi connectivity index (χ4n) is 2.27. The standard InChI is InChI=1S/C15H19N3O/c1-9-5-10(2)15(19-4)12(6-9)13-7-11(3)17-14(8-16)18-13/h5-7H,8,16H2,1-4H3. The van der Waals surface area contributed by atoms with Gasteiger partial charge in [-0.25, -0.2) is 9.97 Å². The molecule has 0 saturated carbocycles. The largest absolute Gasteiger partial charge is 0.496 e. The third-order valence-corrected chi connectivity index (χ3v) is 2.98. The van der Waals surface area contributed by atoms with Gasteiger partial charge in [0.15, 0.2) is 0 Å². The van der Waals surface area contributed by atoms with Crippen LogP contribution in [0.5, 0.6) is 5.75 Å². The summed E-state index contributed by atoms with van der Waals surface area (Å²) in [4.78, 5) is 8.80. The van der Waals surface area contributed by atoms with Crippen molar-refractivity contribution in [2.75, 3.05) is 7.11 Å². The van der Waals surface area contributed by atoms with Gasteiger partial charge in [0.05, 0.1) is 19.3 Å². The summed E-state index contributed by atoms with van der Waals surface area (Å²) in [5, 5.41) is 0. The fourth-order valence-corrected chi connectivity index (χ4v) is 2.27. The average molecular weight is 257 g/mol. The molecule has 1 aromatic carbocycles. The lowest BCUT2D eigenvalue weighted by atomic mass is 10.0. The Labute approximate surface area is 113 Å². The molecule has 0 fully saturated rings. The quantitative estimate of drug-likeness (QED) is 0.918. The van der Waals surface area contributed by atoms with Crippen molar-refractivity contribution < 1.29 is 4.74 Å². The molecule has 0 atom stereocenters. The predicted molar refractivity (Wildman–Crippen MR) is 76.1 cm³/mol. The molecule has 2 aromatic rings. The summed E-state index contributed by atoms with van der Waals surface area (Å²) in [6.45, 7) is 6.38. The average Bonchev–Trinajstić information content (AvgIpc) is 2.37. The van der Waals surface area contributed by atoms with Crippen molar-refractivity contribution in [3.63, 3.8) is 0 Å². The number of nitrogens with two attached hydrogens (primary N) is 1. The Morgan fingerprint density at radius 2 is 1.84 bits per heavy atom. The Balaban J connectivity index is 2.67. The number of nitrogens with zero attached hydrogens (tertiary/aromatic N) is 2. The van der Waals surface area contributed by atoms with Gasteiger partial charge in [-0.2, -0.15) is 0 Å². The van der Waals surface area contributed by atoms with Crippen LogP contribution in [0.1, 0.15) is 22.6 Å². The molecule has 1 heterocycles. The number of methoxy groups -OCH3 is 1. The van der Waals surface area contributed by atoms with Gasteiger partial charge >= 0.3 is 0 Å². The highest BCUT2D eigenvalue weighted by Gasteiger charge is 2.12. The third-order valence-electron chi connectivity index (χ3n) is 2.98. The molecule has 1 aromatic heterocycles. The summed E-state index contributed by atoms with van der Waals surface area (Å²) < 4.78 is 5.51. The molecule has 0 spiro atoms. The van der Waals surface area contributed by atoms with E-state index in [1.807, 2.05) is 19.9 Å². The van der Waals surface area contributed by atoms with Gasteiger partial charge in [0.1, 0.15) is 11.6 Å². The topological polar surface area (TPSA) is 61.0 Å². The lowest BCUT2D eigenvalue weighted by Crippen LogP contribution is -2.05. The lowest BCUT2D eigenvalue weighted by molar-refractivity contribution is 0.413. The van der Waals surface area contributed by atoms with Crippen molar-refractivity contribution in [3.05, 3.63) is 40.8 Å². The number of ether oxygens (including phenoxy) is 1. The summed E-state index contributed by atoms with van der Waals surface area (Å²) in [6, 6.07) is 6.13. The molecule has 4 heteroatoms. The minimum Gasteiger partial charge on any atom is -0.496 e. The van der Waals surface area contributed by atoms with E-state index >= 15 is 0 Å². The van der Waals surface area contributed by atoms with E-state index in [0.717, 1.165) is 28.3 Å². The number of hydrogen-bond donors (Lipinski definition) is 1. The molecule has 0 amide bonds. The van der Waals surface area contributed by atoms with Crippen LogP contribution in [0.3, 0.4) is 0 Å². The molecule has 4 nitrogen and oxygen atoms in total. The van der Waals surface area contributed by atoms with Gasteiger partial charge < -0.3 is 10.5 Å². The van der Waals surface area contributed by atoms with Crippen LogP contribution in [-0.2, 0) is 6.54 Å². The highest BCUT2D eigenvalue weighted by atomic mass is 16.5. The van der Waals surface area contributed by atoms with Crippen molar-refractivity contribution in [2.24, 2.45) is 5.73 Å². The second kappa shape index (κ2) is 5.36. The number of aryl methyl sites for hydroxylation is 3. The molecule has 0 radical (unpaired) electrons. The molecule has 19 heavy (non-hydrogen) atoms. The molecule has 2 N–H and O–H groups in total. The maximum atomic E-state index is 5.64. The van der Waals surface area contributed by atoms with Crippen LogP contribution in [0.2, 0.25) is 0 Å². The summed E-state index contributed by atoms with van der Waals surface area (Å²) in [5.41, 5.74) is 10.7. The highest BCUT2D eigenvalue weighted by molar-refractivity contribution is 5.70. The van der Waals surface area contributed by atoms with Crippen LogP contribution in [0, 0.1) is 20.8 Å². The first-order valence-electron chi connectivity index (χ1n) is 6.25. The molecule has 0 aliphatic carbocycles. The predicted octanol–water partition coefficient (Wildman–Crippen LogP) is 2.54. The van der Waals surface area contributed by atoms with Gasteiger partial charge in [-0.15, -0.1) is 0 Å². The van der Waals surface area contributed by atoms with Crippen molar-refractivity contribution in [1.29, 1.82) is 0 Å². The van der Waals surface area contributed by atoms with Crippen LogP contribution in [-0.4, -0.2) is 17.1 Å². The third kappa shape index (κ3) is 2.74. The van der Waals surface area contributed by atoms with Gasteiger partial charge in [0, 0.05) is 11.3 Å². The van der Waals surface area contributed by atoms with Crippen LogP contribution in [0.4, 0.5) is 0 Å². The first-order valence-corrected chi connectivity index (χ1v) is 6.25. The molecular weight excluding hydrogens is 238 g/mol. The minimum absolute atomic E-state index is 0.335. The first kappa shape index (κ1) is 13.5. The monoisotopic (exact) mass is 257 g/mol. The van der Waals surface area contributed by atoms with Crippen molar-refractivity contribution in [2.45, 2.75) is 27.3 Å². The second-order valence-corrected chi connectivity index (χ2v) is 4.68. The Morgan fingerprint density at radius 1 is 1.11 bits per heavy atom. The summed E-state index contributed by atoms with van der Waals surface area (Å²) >= 11 is 0. The Kier molecular flexibility index (Phi) is 3.81. The van der Waals surface area contributed by atoms with E-state index in [2.05, 4.69) is 29.0 Å². The van der Waals surface area contributed by atoms with E-state index in [4.69, 9.17) is 10.5 Å². The second-order valence-electron chi connectivity index (χ2n) is 4.68. The molecule has 0 aliphatic heterocycles. The van der Waals surface area contributed by atoms with Crippen LogP contribution < -0.4 is 10.5 Å². The van der Waals surface area contributed by atoms with E-state index < -0.39 is 0 Å². The van der Waals surface area contributed by atoms with E-state index in [1.54, 1.807) is 7.11 Å². The zero-order chi connectivity index (χ0) is 14.0. The molecule has 2 rings (SSSR count). The van der Waals surface area contributed by atoms with Gasteiger partial charge in [0.25, 0.3) is 0 Å². The maximum Gasteiger partial charge on any atom is 0.142 e. The number of benzene rings is 1. The van der Waals surface area contributed by atoms with Crippen LogP contribution in [0.25, 0.3) is 11.3 Å². The number of aromatic nitrogens is 2. The molecule has 100 valence electrons. The smallest absolute Gasteiger partial charge is 0.142 e. The first-order chi connectivity index (χ1) is 9.05. The van der Waals surface area contributed by atoms with Gasteiger partial charge in [-0.05, 0) is 44.0 Å². The zero-order valence-corrected chi connectivity index (χ0v) is 11.8. The summed E-state index contributed by atoms with van der Waals surface area (Å²) in [5.74, 6) is 1.50. The van der Waals surface area contributed by atoms with Gasteiger partial charge in [-0.3, -0.25) is 0 Å². The van der Waals surface area contributed by atoms with Crippen molar-refractivity contribution >= 4 is 0 Å². The molecule has 0 unspecified atom stereocenters. The lowest BCUT2D eigenvalue weighted by Gasteiger charge is -2.13.